The Labute approximate surface area is 113 Å². The second kappa shape index (κ2) is 4.42. The normalized spacial score (nSPS) is 17.0. The van der Waals surface area contributed by atoms with E-state index in [9.17, 15) is 13.9 Å². The van der Waals surface area contributed by atoms with E-state index in [0.29, 0.717) is 17.0 Å². The summed E-state index contributed by atoms with van der Waals surface area (Å²) in [5.74, 6) is -0.0396. The summed E-state index contributed by atoms with van der Waals surface area (Å²) >= 11 is 0. The van der Waals surface area contributed by atoms with Crippen LogP contribution >= 0.6 is 0 Å². The number of ether oxygens (including phenoxy) is 2. The highest BCUT2D eigenvalue weighted by molar-refractivity contribution is 5.64. The topological polar surface area (TPSA) is 51.6 Å². The van der Waals surface area contributed by atoms with E-state index in [1.807, 2.05) is 0 Å². The summed E-state index contributed by atoms with van der Waals surface area (Å²) in [4.78, 5) is 4.27. The molecule has 1 aliphatic heterocycles. The first-order valence-corrected chi connectivity index (χ1v) is 6.00. The molecule has 0 bridgehead atoms. The summed E-state index contributed by atoms with van der Waals surface area (Å²) in [7, 11) is 0. The van der Waals surface area contributed by atoms with Crippen LogP contribution in [-0.4, -0.2) is 16.4 Å². The molecule has 0 aliphatic carbocycles. The Hall–Kier alpha value is -2.21. The number of halogens is 2. The predicted molar refractivity (Wildman–Crippen MR) is 66.5 cm³/mol. The molecule has 104 valence electrons. The molecule has 0 saturated carbocycles. The highest BCUT2D eigenvalue weighted by Gasteiger charge is 2.43. The molecule has 0 radical (unpaired) electrons. The lowest BCUT2D eigenvalue weighted by atomic mass is 10.1. The van der Waals surface area contributed by atoms with Crippen LogP contribution < -0.4 is 9.47 Å². The van der Waals surface area contributed by atoms with Crippen LogP contribution in [0.25, 0.3) is 11.3 Å². The van der Waals surface area contributed by atoms with E-state index in [1.54, 1.807) is 31.2 Å². The molecule has 4 nitrogen and oxygen atoms in total. The third-order valence-electron chi connectivity index (χ3n) is 2.90. The van der Waals surface area contributed by atoms with E-state index in [0.717, 1.165) is 0 Å². The Morgan fingerprint density at radius 2 is 1.90 bits per heavy atom. The smallest absolute Gasteiger partial charge is 0.395 e. The van der Waals surface area contributed by atoms with Crippen LogP contribution in [0.2, 0.25) is 0 Å². The fraction of sp³-hybridized carbons (Fsp3) is 0.214. The first-order chi connectivity index (χ1) is 9.44. The summed E-state index contributed by atoms with van der Waals surface area (Å²) in [5, 5.41) is 9.51. The van der Waals surface area contributed by atoms with Gasteiger partial charge in [0.05, 0.1) is 17.5 Å². The second-order valence-electron chi connectivity index (χ2n) is 4.45. The van der Waals surface area contributed by atoms with Gasteiger partial charge in [0.15, 0.2) is 11.5 Å². The molecule has 2 aromatic rings. The molecule has 1 N–H and O–H groups in total. The Kier molecular flexibility index (Phi) is 2.83. The van der Waals surface area contributed by atoms with Crippen LogP contribution in [0.4, 0.5) is 8.78 Å². The molecule has 1 aliphatic rings. The molecule has 20 heavy (non-hydrogen) atoms. The molecule has 6 heteroatoms. The largest absolute Gasteiger partial charge is 0.586 e. The lowest BCUT2D eigenvalue weighted by Crippen LogP contribution is -2.25. The second-order valence-corrected chi connectivity index (χ2v) is 4.45. The van der Waals surface area contributed by atoms with Gasteiger partial charge in [-0.25, -0.2) is 0 Å². The first-order valence-electron chi connectivity index (χ1n) is 6.00. The molecule has 1 atom stereocenters. The quantitative estimate of drug-likeness (QED) is 0.917. The van der Waals surface area contributed by atoms with Gasteiger partial charge < -0.3 is 14.6 Å². The van der Waals surface area contributed by atoms with Crippen LogP contribution in [0.1, 0.15) is 18.7 Å². The maximum atomic E-state index is 12.9. The number of aliphatic hydroxyl groups excluding tert-OH is 1. The minimum atomic E-state index is -3.63. The van der Waals surface area contributed by atoms with Gasteiger partial charge in [0.2, 0.25) is 0 Å². The van der Waals surface area contributed by atoms with Crippen molar-refractivity contribution < 1.29 is 23.4 Å². The molecule has 0 fully saturated rings. The predicted octanol–water partition coefficient (Wildman–Crippen LogP) is 3.12. The van der Waals surface area contributed by atoms with Gasteiger partial charge in [0.1, 0.15) is 0 Å². The van der Waals surface area contributed by atoms with Gasteiger partial charge in [0, 0.05) is 5.56 Å². The Morgan fingerprint density at radius 1 is 1.15 bits per heavy atom. The molecular weight excluding hydrogens is 268 g/mol. The van der Waals surface area contributed by atoms with Crippen molar-refractivity contribution in [2.24, 2.45) is 0 Å². The van der Waals surface area contributed by atoms with E-state index in [-0.39, 0.29) is 11.5 Å². The van der Waals surface area contributed by atoms with Gasteiger partial charge in [0.25, 0.3) is 0 Å². The van der Waals surface area contributed by atoms with Crippen LogP contribution in [-0.2, 0) is 0 Å². The standard InChI is InChI=1S/C14H11F2NO3/c1-8(18)10-3-2-4-11(17-10)9-5-6-12-13(7-9)20-14(15,16)19-12/h2-8,18H,1H3/t8-/m0/s1. The number of alkyl halides is 2. The average molecular weight is 279 g/mol. The van der Waals surface area contributed by atoms with Crippen LogP contribution in [0.5, 0.6) is 11.5 Å². The fourth-order valence-corrected chi connectivity index (χ4v) is 1.95. The third-order valence-corrected chi connectivity index (χ3v) is 2.90. The van der Waals surface area contributed by atoms with Gasteiger partial charge in [-0.15, -0.1) is 8.78 Å². The van der Waals surface area contributed by atoms with Crippen molar-refractivity contribution >= 4 is 0 Å². The van der Waals surface area contributed by atoms with Gasteiger partial charge in [-0.3, -0.25) is 4.98 Å². The first kappa shape index (κ1) is 12.8. The number of aliphatic hydroxyl groups is 1. The van der Waals surface area contributed by atoms with Gasteiger partial charge >= 0.3 is 6.29 Å². The summed E-state index contributed by atoms with van der Waals surface area (Å²) in [6.07, 6.45) is -4.33. The maximum Gasteiger partial charge on any atom is 0.586 e. The van der Waals surface area contributed by atoms with Crippen molar-refractivity contribution in [2.45, 2.75) is 19.3 Å². The van der Waals surface area contributed by atoms with Crippen molar-refractivity contribution in [1.29, 1.82) is 0 Å². The monoisotopic (exact) mass is 279 g/mol. The summed E-state index contributed by atoms with van der Waals surface area (Å²) in [5.41, 5.74) is 1.67. The van der Waals surface area contributed by atoms with Crippen molar-refractivity contribution in [2.75, 3.05) is 0 Å². The fourth-order valence-electron chi connectivity index (χ4n) is 1.95. The summed E-state index contributed by atoms with van der Waals surface area (Å²) < 4.78 is 34.6. The number of pyridine rings is 1. The summed E-state index contributed by atoms with van der Waals surface area (Å²) in [6.45, 7) is 1.60. The van der Waals surface area contributed by atoms with Gasteiger partial charge in [-0.05, 0) is 37.3 Å². The van der Waals surface area contributed by atoms with Crippen LogP contribution in [0.3, 0.4) is 0 Å². The average Bonchev–Trinajstić information content (AvgIpc) is 2.71. The van der Waals surface area contributed by atoms with E-state index >= 15 is 0 Å². The number of aromatic nitrogens is 1. The van der Waals surface area contributed by atoms with E-state index in [2.05, 4.69) is 14.5 Å². The lowest BCUT2D eigenvalue weighted by molar-refractivity contribution is -0.286. The van der Waals surface area contributed by atoms with E-state index < -0.39 is 12.4 Å². The Balaban J connectivity index is 1.99. The molecule has 2 heterocycles. The summed E-state index contributed by atoms with van der Waals surface area (Å²) in [6, 6.07) is 9.60. The number of hydrogen-bond donors (Lipinski definition) is 1. The highest BCUT2D eigenvalue weighted by atomic mass is 19.3. The number of rotatable bonds is 2. The van der Waals surface area contributed by atoms with E-state index in [1.165, 1.54) is 12.1 Å². The minimum absolute atomic E-state index is 0.00886. The zero-order valence-electron chi connectivity index (χ0n) is 10.5. The Morgan fingerprint density at radius 3 is 2.65 bits per heavy atom. The molecular formula is C14H11F2NO3. The SMILES string of the molecule is C[C@H](O)c1cccc(-c2ccc3c(c2)OC(F)(F)O3)n1. The maximum absolute atomic E-state index is 12.9. The molecule has 0 saturated heterocycles. The van der Waals surface area contributed by atoms with Crippen molar-refractivity contribution in [3.05, 3.63) is 42.1 Å². The van der Waals surface area contributed by atoms with Crippen LogP contribution in [0, 0.1) is 0 Å². The third kappa shape index (κ3) is 2.30. The zero-order chi connectivity index (χ0) is 14.3. The van der Waals surface area contributed by atoms with E-state index in [4.69, 9.17) is 0 Å². The molecule has 3 rings (SSSR count). The van der Waals surface area contributed by atoms with Gasteiger partial charge in [-0.2, -0.15) is 0 Å². The number of hydrogen-bond acceptors (Lipinski definition) is 4. The minimum Gasteiger partial charge on any atom is -0.395 e. The molecule has 0 amide bonds. The van der Waals surface area contributed by atoms with Crippen molar-refractivity contribution in [1.82, 2.24) is 4.98 Å². The lowest BCUT2D eigenvalue weighted by Gasteiger charge is -2.07. The Bertz CT molecular complexity index is 659. The molecule has 1 aromatic heterocycles. The molecule has 0 spiro atoms. The highest BCUT2D eigenvalue weighted by Crippen LogP contribution is 2.42. The molecule has 0 unspecified atom stereocenters. The van der Waals surface area contributed by atoms with Gasteiger partial charge in [-0.1, -0.05) is 6.07 Å². The van der Waals surface area contributed by atoms with Crippen molar-refractivity contribution in [3.63, 3.8) is 0 Å². The van der Waals surface area contributed by atoms with Crippen molar-refractivity contribution in [3.8, 4) is 22.8 Å². The molecule has 1 aromatic carbocycles. The number of fused-ring (bicyclic) bond motifs is 1. The number of benzene rings is 1. The number of nitrogens with zero attached hydrogens (tertiary/aromatic N) is 1. The van der Waals surface area contributed by atoms with Crippen LogP contribution in [0.15, 0.2) is 36.4 Å². The zero-order valence-corrected chi connectivity index (χ0v) is 10.5.